The Bertz CT molecular complexity index is 929. The second-order valence-electron chi connectivity index (χ2n) is 6.11. The van der Waals surface area contributed by atoms with Gasteiger partial charge in [-0.05, 0) is 51.6 Å². The molecule has 0 N–H and O–H groups in total. The molecule has 4 rings (SSSR count). The second kappa shape index (κ2) is 6.60. The number of hydrogen-bond acceptors (Lipinski definition) is 3. The predicted octanol–water partition coefficient (Wildman–Crippen LogP) is 5.28. The van der Waals surface area contributed by atoms with Gasteiger partial charge >= 0.3 is 0 Å². The molecule has 0 saturated carbocycles. The molecule has 3 aromatic rings. The van der Waals surface area contributed by atoms with Gasteiger partial charge in [0.15, 0.2) is 11.5 Å². The molecule has 3 nitrogen and oxygen atoms in total. The highest BCUT2D eigenvalue weighted by molar-refractivity contribution is 6.06. The van der Waals surface area contributed by atoms with Gasteiger partial charge in [0.2, 0.25) is 5.75 Å². The van der Waals surface area contributed by atoms with E-state index in [-0.39, 0.29) is 0 Å². The molecule has 0 spiro atoms. The van der Waals surface area contributed by atoms with E-state index in [1.165, 1.54) is 27.8 Å². The highest BCUT2D eigenvalue weighted by Gasteiger charge is 2.22. The molecule has 3 aromatic carbocycles. The van der Waals surface area contributed by atoms with Crippen molar-refractivity contribution in [1.29, 1.82) is 0 Å². The van der Waals surface area contributed by atoms with Crippen molar-refractivity contribution in [1.82, 2.24) is 0 Å². The second-order valence-corrected chi connectivity index (χ2v) is 6.11. The van der Waals surface area contributed by atoms with Crippen molar-refractivity contribution in [2.75, 3.05) is 21.3 Å². The van der Waals surface area contributed by atoms with Crippen LogP contribution in [0.15, 0.2) is 60.7 Å². The van der Waals surface area contributed by atoms with Crippen molar-refractivity contribution in [3.8, 4) is 28.4 Å². The van der Waals surface area contributed by atoms with Crippen molar-refractivity contribution >= 4 is 11.6 Å². The Morgan fingerprint density at radius 1 is 0.615 bits per heavy atom. The highest BCUT2D eigenvalue weighted by atomic mass is 16.5. The van der Waals surface area contributed by atoms with Crippen LogP contribution in [0.3, 0.4) is 0 Å². The van der Waals surface area contributed by atoms with E-state index in [0.29, 0.717) is 17.2 Å². The fourth-order valence-electron chi connectivity index (χ4n) is 3.56. The van der Waals surface area contributed by atoms with Crippen molar-refractivity contribution in [3.63, 3.8) is 0 Å². The molecule has 0 bridgehead atoms. The van der Waals surface area contributed by atoms with Crippen molar-refractivity contribution < 1.29 is 14.2 Å². The third kappa shape index (κ3) is 2.53. The smallest absolute Gasteiger partial charge is 0.203 e. The summed E-state index contributed by atoms with van der Waals surface area (Å²) in [5.74, 6) is 1.90. The van der Waals surface area contributed by atoms with Gasteiger partial charge in [0.1, 0.15) is 0 Å². The minimum atomic E-state index is 0.601. The van der Waals surface area contributed by atoms with Gasteiger partial charge < -0.3 is 14.2 Å². The molecule has 0 aliphatic heterocycles. The summed E-state index contributed by atoms with van der Waals surface area (Å²) in [6.07, 6.45) is 2.18. The van der Waals surface area contributed by atoms with E-state index in [1.54, 1.807) is 21.3 Å². The van der Waals surface area contributed by atoms with Crippen LogP contribution >= 0.6 is 0 Å². The Morgan fingerprint density at radius 2 is 1.08 bits per heavy atom. The molecule has 0 aromatic heterocycles. The zero-order chi connectivity index (χ0) is 18.1. The van der Waals surface area contributed by atoms with Crippen LogP contribution in [0.4, 0.5) is 0 Å². The maximum Gasteiger partial charge on any atom is 0.203 e. The minimum absolute atomic E-state index is 0.601. The average Bonchev–Trinajstić information content (AvgIpc) is 3.01. The summed E-state index contributed by atoms with van der Waals surface area (Å²) in [6, 6.07) is 20.9. The van der Waals surface area contributed by atoms with Gasteiger partial charge in [-0.15, -0.1) is 0 Å². The van der Waals surface area contributed by atoms with Gasteiger partial charge in [-0.3, -0.25) is 0 Å². The van der Waals surface area contributed by atoms with Gasteiger partial charge in [-0.1, -0.05) is 48.5 Å². The molecule has 0 radical (unpaired) electrons. The van der Waals surface area contributed by atoms with Gasteiger partial charge in [0.25, 0.3) is 0 Å². The monoisotopic (exact) mass is 344 g/mol. The Hall–Kier alpha value is -3.20. The van der Waals surface area contributed by atoms with Crippen LogP contribution < -0.4 is 14.2 Å². The standard InChI is InChI=1S/C23H20O3/c1-24-21-13-15(14-22(25-2)23(21)26-3)12-20-18-10-6-4-8-16(18)17-9-5-7-11-19(17)20/h4-14H,1-3H3. The first-order chi connectivity index (χ1) is 12.8. The van der Waals surface area contributed by atoms with Crippen LogP contribution in [0.5, 0.6) is 17.2 Å². The van der Waals surface area contributed by atoms with Crippen LogP contribution in [0.1, 0.15) is 16.7 Å². The Labute approximate surface area is 153 Å². The Kier molecular flexibility index (Phi) is 4.13. The molecule has 0 amide bonds. The van der Waals surface area contributed by atoms with Crippen LogP contribution in [0.25, 0.3) is 22.8 Å². The summed E-state index contributed by atoms with van der Waals surface area (Å²) in [5.41, 5.74) is 7.21. The molecule has 1 aliphatic carbocycles. The van der Waals surface area contributed by atoms with Gasteiger partial charge in [-0.2, -0.15) is 0 Å². The molecule has 0 saturated heterocycles. The maximum absolute atomic E-state index is 5.49. The highest BCUT2D eigenvalue weighted by Crippen LogP contribution is 2.46. The first-order valence-electron chi connectivity index (χ1n) is 8.47. The topological polar surface area (TPSA) is 27.7 Å². The molecule has 3 heteroatoms. The Balaban J connectivity index is 1.92. The average molecular weight is 344 g/mol. The molecule has 130 valence electrons. The molecular weight excluding hydrogens is 324 g/mol. The Morgan fingerprint density at radius 3 is 1.50 bits per heavy atom. The number of methoxy groups -OCH3 is 3. The number of benzene rings is 3. The van der Waals surface area contributed by atoms with Crippen molar-refractivity contribution in [2.24, 2.45) is 0 Å². The fraction of sp³-hybridized carbons (Fsp3) is 0.130. The maximum atomic E-state index is 5.49. The van der Waals surface area contributed by atoms with E-state index in [2.05, 4.69) is 54.6 Å². The summed E-state index contributed by atoms with van der Waals surface area (Å²) in [7, 11) is 4.88. The van der Waals surface area contributed by atoms with E-state index >= 15 is 0 Å². The fourth-order valence-corrected chi connectivity index (χ4v) is 3.56. The molecule has 1 aliphatic rings. The summed E-state index contributed by atoms with van der Waals surface area (Å²) in [6.45, 7) is 0. The lowest BCUT2D eigenvalue weighted by atomic mass is 10.0. The third-order valence-electron chi connectivity index (χ3n) is 4.72. The third-order valence-corrected chi connectivity index (χ3v) is 4.72. The molecule has 26 heavy (non-hydrogen) atoms. The summed E-state index contributed by atoms with van der Waals surface area (Å²) >= 11 is 0. The van der Waals surface area contributed by atoms with Gasteiger partial charge in [-0.25, -0.2) is 0 Å². The minimum Gasteiger partial charge on any atom is -0.493 e. The predicted molar refractivity (Wildman–Crippen MR) is 105 cm³/mol. The lowest BCUT2D eigenvalue weighted by molar-refractivity contribution is 0.324. The van der Waals surface area contributed by atoms with E-state index < -0.39 is 0 Å². The van der Waals surface area contributed by atoms with Crippen LogP contribution in [0, 0.1) is 0 Å². The van der Waals surface area contributed by atoms with Crippen LogP contribution in [0.2, 0.25) is 0 Å². The van der Waals surface area contributed by atoms with Gasteiger partial charge in [0, 0.05) is 0 Å². The van der Waals surface area contributed by atoms with E-state index in [9.17, 15) is 0 Å². The number of fused-ring (bicyclic) bond motifs is 3. The first-order valence-corrected chi connectivity index (χ1v) is 8.47. The first kappa shape index (κ1) is 16.3. The zero-order valence-corrected chi connectivity index (χ0v) is 15.1. The summed E-state index contributed by atoms with van der Waals surface area (Å²) in [5, 5.41) is 0. The molecular formula is C23H20O3. The van der Waals surface area contributed by atoms with Crippen LogP contribution in [-0.2, 0) is 0 Å². The number of ether oxygens (including phenoxy) is 3. The van der Waals surface area contributed by atoms with E-state index in [4.69, 9.17) is 14.2 Å². The van der Waals surface area contributed by atoms with Crippen LogP contribution in [-0.4, -0.2) is 21.3 Å². The normalized spacial score (nSPS) is 11.6. The zero-order valence-electron chi connectivity index (χ0n) is 15.1. The molecule has 0 atom stereocenters. The van der Waals surface area contributed by atoms with E-state index in [0.717, 1.165) is 5.56 Å². The molecule has 0 heterocycles. The largest absolute Gasteiger partial charge is 0.493 e. The molecule has 0 unspecified atom stereocenters. The molecule has 0 fully saturated rings. The SMILES string of the molecule is COc1cc(C=C2c3ccccc3-c3ccccc32)cc(OC)c1OC. The van der Waals surface area contributed by atoms with Crippen molar-refractivity contribution in [2.45, 2.75) is 0 Å². The van der Waals surface area contributed by atoms with Crippen molar-refractivity contribution in [3.05, 3.63) is 77.4 Å². The summed E-state index contributed by atoms with van der Waals surface area (Å²) in [4.78, 5) is 0. The van der Waals surface area contributed by atoms with E-state index in [1.807, 2.05) is 12.1 Å². The lowest BCUT2D eigenvalue weighted by Crippen LogP contribution is -1.95. The number of rotatable bonds is 4. The quantitative estimate of drug-likeness (QED) is 0.504. The number of hydrogen-bond donors (Lipinski definition) is 0. The lowest BCUT2D eigenvalue weighted by Gasteiger charge is -2.13. The summed E-state index contributed by atoms with van der Waals surface area (Å²) < 4.78 is 16.4. The van der Waals surface area contributed by atoms with Gasteiger partial charge in [0.05, 0.1) is 21.3 Å².